The number of para-hydroxylation sites is 3. The molecule has 0 spiro atoms. The Morgan fingerprint density at radius 2 is 0.941 bits per heavy atom. The van der Waals surface area contributed by atoms with E-state index in [0.29, 0.717) is 0 Å². The third-order valence-corrected chi connectivity index (χ3v) is 11.2. The van der Waals surface area contributed by atoms with Crippen LogP contribution in [0.5, 0.6) is 0 Å². The van der Waals surface area contributed by atoms with Gasteiger partial charge in [0.15, 0.2) is 5.82 Å². The van der Waals surface area contributed by atoms with Gasteiger partial charge in [-0.25, -0.2) is 9.97 Å². The Morgan fingerprint density at radius 1 is 0.392 bits per heavy atom. The molecule has 0 amide bonds. The first kappa shape index (κ1) is 28.3. The zero-order valence-electron chi connectivity index (χ0n) is 27.4. The van der Waals surface area contributed by atoms with Crippen molar-refractivity contribution in [3.63, 3.8) is 0 Å². The summed E-state index contributed by atoms with van der Waals surface area (Å²) < 4.78 is 6.01. The number of fused-ring (bicyclic) bond motifs is 9. The van der Waals surface area contributed by atoms with E-state index in [1.54, 1.807) is 11.3 Å². The van der Waals surface area contributed by atoms with Gasteiger partial charge in [0.25, 0.3) is 0 Å². The maximum atomic E-state index is 5.30. The van der Waals surface area contributed by atoms with E-state index in [9.17, 15) is 0 Å². The Morgan fingerprint density at radius 3 is 1.65 bits per heavy atom. The van der Waals surface area contributed by atoms with E-state index >= 15 is 0 Å². The summed E-state index contributed by atoms with van der Waals surface area (Å²) >= 11 is 1.73. The molecule has 4 nitrogen and oxygen atoms in total. The van der Waals surface area contributed by atoms with Gasteiger partial charge in [-0.15, -0.1) is 11.3 Å². The van der Waals surface area contributed by atoms with Crippen LogP contribution in [0, 0.1) is 0 Å². The van der Waals surface area contributed by atoms with Crippen LogP contribution in [-0.4, -0.2) is 19.1 Å². The molecule has 238 valence electrons. The van der Waals surface area contributed by atoms with Gasteiger partial charge in [0, 0.05) is 59.5 Å². The van der Waals surface area contributed by atoms with Crippen LogP contribution in [0.4, 0.5) is 0 Å². The quantitative estimate of drug-likeness (QED) is 0.187. The van der Waals surface area contributed by atoms with Gasteiger partial charge in [0.1, 0.15) is 4.83 Å². The molecule has 4 heterocycles. The molecule has 0 saturated carbocycles. The number of thiophene rings is 1. The number of nitrogens with zero attached hydrogens (tertiary/aromatic N) is 4. The van der Waals surface area contributed by atoms with Crippen molar-refractivity contribution in [1.29, 1.82) is 0 Å². The van der Waals surface area contributed by atoms with Gasteiger partial charge >= 0.3 is 0 Å². The molecular weight excluding hydrogens is 641 g/mol. The second kappa shape index (κ2) is 11.0. The van der Waals surface area contributed by atoms with Crippen LogP contribution in [0.15, 0.2) is 170 Å². The predicted molar refractivity (Wildman–Crippen MR) is 214 cm³/mol. The maximum absolute atomic E-state index is 5.30. The predicted octanol–water partition coefficient (Wildman–Crippen LogP) is 12.4. The van der Waals surface area contributed by atoms with Crippen LogP contribution >= 0.6 is 11.3 Å². The molecule has 51 heavy (non-hydrogen) atoms. The second-order valence-electron chi connectivity index (χ2n) is 13.0. The summed E-state index contributed by atoms with van der Waals surface area (Å²) in [7, 11) is 0. The van der Waals surface area contributed by atoms with Crippen LogP contribution in [0.25, 0.3) is 97.9 Å². The summed E-state index contributed by atoms with van der Waals surface area (Å²) in [5, 5.41) is 7.22. The molecule has 0 saturated heterocycles. The molecule has 0 aliphatic carbocycles. The topological polar surface area (TPSA) is 35.6 Å². The molecule has 0 aliphatic rings. The summed E-state index contributed by atoms with van der Waals surface area (Å²) in [6.07, 6.45) is 0. The van der Waals surface area contributed by atoms with Crippen molar-refractivity contribution >= 4 is 75.3 Å². The normalized spacial score (nSPS) is 11.9. The lowest BCUT2D eigenvalue weighted by molar-refractivity contribution is 1.17. The van der Waals surface area contributed by atoms with Gasteiger partial charge in [-0.05, 0) is 54.6 Å². The van der Waals surface area contributed by atoms with Crippen molar-refractivity contribution in [2.45, 2.75) is 0 Å². The highest BCUT2D eigenvalue weighted by atomic mass is 32.1. The van der Waals surface area contributed by atoms with E-state index in [0.717, 1.165) is 44.2 Å². The average molecular weight is 669 g/mol. The second-order valence-corrected chi connectivity index (χ2v) is 14.0. The third-order valence-electron chi connectivity index (χ3n) is 10.1. The van der Waals surface area contributed by atoms with Crippen LogP contribution in [-0.2, 0) is 0 Å². The van der Waals surface area contributed by atoms with E-state index in [2.05, 4.69) is 179 Å². The summed E-state index contributed by atoms with van der Waals surface area (Å²) in [5.41, 5.74) is 10.0. The number of aromatic nitrogens is 4. The average Bonchev–Trinajstić information content (AvgIpc) is 3.85. The molecule has 0 N–H and O–H groups in total. The molecular formula is C46H28N4S. The monoisotopic (exact) mass is 668 g/mol. The van der Waals surface area contributed by atoms with Crippen molar-refractivity contribution in [2.24, 2.45) is 0 Å². The van der Waals surface area contributed by atoms with E-state index in [1.165, 1.54) is 53.7 Å². The fourth-order valence-corrected chi connectivity index (χ4v) is 8.98. The smallest absolute Gasteiger partial charge is 0.161 e. The molecule has 0 fully saturated rings. The lowest BCUT2D eigenvalue weighted by Crippen LogP contribution is -1.97. The minimum atomic E-state index is 0.726. The lowest BCUT2D eigenvalue weighted by Gasteiger charge is -2.11. The minimum Gasteiger partial charge on any atom is -0.309 e. The Bertz CT molecular complexity index is 3130. The van der Waals surface area contributed by atoms with E-state index in [-0.39, 0.29) is 0 Å². The molecule has 0 atom stereocenters. The Kier molecular flexibility index (Phi) is 6.09. The summed E-state index contributed by atoms with van der Waals surface area (Å²) in [5.74, 6) is 0.726. The molecule has 0 unspecified atom stereocenters. The van der Waals surface area contributed by atoms with E-state index in [1.807, 2.05) is 0 Å². The number of hydrogen-bond acceptors (Lipinski definition) is 3. The van der Waals surface area contributed by atoms with Gasteiger partial charge < -0.3 is 9.13 Å². The highest BCUT2D eigenvalue weighted by Gasteiger charge is 2.20. The van der Waals surface area contributed by atoms with Gasteiger partial charge in [0.05, 0.1) is 27.8 Å². The molecule has 0 radical (unpaired) electrons. The van der Waals surface area contributed by atoms with Gasteiger partial charge in [-0.2, -0.15) is 0 Å². The van der Waals surface area contributed by atoms with Crippen molar-refractivity contribution in [3.8, 4) is 34.0 Å². The lowest BCUT2D eigenvalue weighted by atomic mass is 10.1. The maximum Gasteiger partial charge on any atom is 0.161 e. The van der Waals surface area contributed by atoms with Gasteiger partial charge in [-0.3, -0.25) is 0 Å². The van der Waals surface area contributed by atoms with E-state index in [4.69, 9.17) is 9.97 Å². The highest BCUT2D eigenvalue weighted by molar-refractivity contribution is 7.25. The van der Waals surface area contributed by atoms with Crippen molar-refractivity contribution in [2.75, 3.05) is 0 Å². The largest absolute Gasteiger partial charge is 0.309 e. The number of benzene rings is 7. The molecule has 4 aromatic heterocycles. The van der Waals surface area contributed by atoms with Crippen LogP contribution in [0.3, 0.4) is 0 Å². The third kappa shape index (κ3) is 4.25. The van der Waals surface area contributed by atoms with Crippen LogP contribution < -0.4 is 0 Å². The molecule has 7 aromatic carbocycles. The van der Waals surface area contributed by atoms with Crippen LogP contribution in [0.1, 0.15) is 0 Å². The Hall–Kier alpha value is -6.56. The first-order valence-electron chi connectivity index (χ1n) is 17.2. The summed E-state index contributed by atoms with van der Waals surface area (Å²) in [6.45, 7) is 0. The summed E-state index contributed by atoms with van der Waals surface area (Å²) in [6, 6.07) is 60.6. The first-order chi connectivity index (χ1) is 25.3. The number of rotatable bonds is 4. The number of hydrogen-bond donors (Lipinski definition) is 0. The Balaban J connectivity index is 1.17. The molecule has 0 aliphatic heterocycles. The zero-order chi connectivity index (χ0) is 33.5. The van der Waals surface area contributed by atoms with Crippen molar-refractivity contribution in [3.05, 3.63) is 170 Å². The summed E-state index contributed by atoms with van der Waals surface area (Å²) in [4.78, 5) is 11.5. The Labute approximate surface area is 297 Å². The highest BCUT2D eigenvalue weighted by Crippen LogP contribution is 2.42. The molecule has 11 rings (SSSR count). The fourth-order valence-electron chi connectivity index (χ4n) is 7.91. The fraction of sp³-hybridized carbons (Fsp3) is 0. The standard InChI is InChI=1S/C46H28N4S/c1-3-14-29(15-4-1)44-43-35-22-9-12-25-42(35)51-46(43)48-45(47-44)30-16-13-19-32(26-30)50-39-24-11-8-21-34(39)37-27-40-36(28-41(37)50)33-20-7-10-23-38(33)49(40)31-17-5-2-6-18-31/h1-28H. The van der Waals surface area contributed by atoms with E-state index < -0.39 is 0 Å². The SMILES string of the molecule is c1ccc(-c2nc(-c3cccc(-n4c5ccccc5c5cc6c(cc54)c4ccccc4n6-c4ccccc4)c3)nc3sc4ccccc4c23)cc1. The van der Waals surface area contributed by atoms with Gasteiger partial charge in [0.2, 0.25) is 0 Å². The van der Waals surface area contributed by atoms with Crippen molar-refractivity contribution < 1.29 is 0 Å². The zero-order valence-corrected chi connectivity index (χ0v) is 28.2. The molecule has 11 aromatic rings. The molecule has 0 bridgehead atoms. The van der Waals surface area contributed by atoms with Crippen LogP contribution in [0.2, 0.25) is 0 Å². The van der Waals surface area contributed by atoms with Gasteiger partial charge in [-0.1, -0.05) is 115 Å². The first-order valence-corrected chi connectivity index (χ1v) is 18.0. The van der Waals surface area contributed by atoms with Crippen molar-refractivity contribution in [1.82, 2.24) is 19.1 Å². The minimum absolute atomic E-state index is 0.726. The molecule has 5 heteroatoms.